The summed E-state index contributed by atoms with van der Waals surface area (Å²) in [5.74, 6) is 0. The van der Waals surface area contributed by atoms with Gasteiger partial charge < -0.3 is 9.84 Å². The highest BCUT2D eigenvalue weighted by Gasteiger charge is 2.21. The normalized spacial score (nSPS) is 15.3. The molecule has 2 aromatic heterocycles. The van der Waals surface area contributed by atoms with Crippen LogP contribution >= 0.6 is 11.3 Å². The molecule has 5 nitrogen and oxygen atoms in total. The van der Waals surface area contributed by atoms with E-state index in [1.54, 1.807) is 17.7 Å². The molecule has 1 N–H and O–H groups in total. The lowest BCUT2D eigenvalue weighted by Gasteiger charge is -2.21. The Bertz CT molecular complexity index is 1290. The second-order valence-corrected chi connectivity index (χ2v) is 9.87. The third kappa shape index (κ3) is 4.64. The van der Waals surface area contributed by atoms with Crippen molar-refractivity contribution in [1.29, 1.82) is 0 Å². The Morgan fingerprint density at radius 2 is 1.79 bits per heavy atom. The summed E-state index contributed by atoms with van der Waals surface area (Å²) in [6, 6.07) is 18.2. The maximum atomic E-state index is 13.2. The van der Waals surface area contributed by atoms with Crippen LogP contribution < -0.4 is 5.56 Å². The van der Waals surface area contributed by atoms with E-state index in [4.69, 9.17) is 4.74 Å². The summed E-state index contributed by atoms with van der Waals surface area (Å²) in [6.45, 7) is 2.32. The summed E-state index contributed by atoms with van der Waals surface area (Å²) in [6.07, 6.45) is 4.71. The molecule has 5 rings (SSSR count). The third-order valence-corrected chi connectivity index (χ3v) is 7.49. The first-order valence-electron chi connectivity index (χ1n) is 11.5. The number of aliphatic hydroxyl groups is 1. The van der Waals surface area contributed by atoms with E-state index in [2.05, 4.69) is 36.2 Å². The van der Waals surface area contributed by atoms with Gasteiger partial charge in [0, 0.05) is 4.88 Å². The van der Waals surface area contributed by atoms with Crippen molar-refractivity contribution in [2.24, 2.45) is 0 Å². The molecule has 0 spiro atoms. The zero-order valence-corrected chi connectivity index (χ0v) is 19.6. The zero-order valence-electron chi connectivity index (χ0n) is 18.7. The van der Waals surface area contributed by atoms with Crippen LogP contribution in [0.3, 0.4) is 0 Å². The van der Waals surface area contributed by atoms with Gasteiger partial charge in [0.2, 0.25) is 0 Å². The van der Waals surface area contributed by atoms with Gasteiger partial charge in [-0.25, -0.2) is 4.98 Å². The Morgan fingerprint density at radius 3 is 2.58 bits per heavy atom. The number of aryl methyl sites for hydroxylation is 3. The quantitative estimate of drug-likeness (QED) is 0.430. The van der Waals surface area contributed by atoms with E-state index in [0.717, 1.165) is 40.6 Å². The average molecular weight is 461 g/mol. The summed E-state index contributed by atoms with van der Waals surface area (Å²) in [7, 11) is 0. The predicted molar refractivity (Wildman–Crippen MR) is 132 cm³/mol. The molecule has 2 unspecified atom stereocenters. The number of fused-ring (bicyclic) bond motifs is 3. The number of benzene rings is 2. The van der Waals surface area contributed by atoms with Crippen molar-refractivity contribution in [3.05, 3.63) is 98.4 Å². The fourth-order valence-electron chi connectivity index (χ4n) is 4.55. The second-order valence-electron chi connectivity index (χ2n) is 8.78. The lowest BCUT2D eigenvalue weighted by Crippen LogP contribution is -2.30. The van der Waals surface area contributed by atoms with Gasteiger partial charge in [-0.2, -0.15) is 0 Å². The van der Waals surface area contributed by atoms with E-state index in [-0.39, 0.29) is 24.8 Å². The van der Waals surface area contributed by atoms with Crippen LogP contribution in [0.4, 0.5) is 0 Å². The number of hydrogen-bond donors (Lipinski definition) is 1. The minimum atomic E-state index is -0.826. The first kappa shape index (κ1) is 22.0. The third-order valence-electron chi connectivity index (χ3n) is 6.29. The van der Waals surface area contributed by atoms with Crippen LogP contribution in [0.1, 0.15) is 46.1 Å². The van der Waals surface area contributed by atoms with Gasteiger partial charge >= 0.3 is 0 Å². The van der Waals surface area contributed by atoms with Crippen molar-refractivity contribution in [2.45, 2.75) is 51.4 Å². The Labute approximate surface area is 197 Å². The average Bonchev–Trinajstić information content (AvgIpc) is 3.22. The van der Waals surface area contributed by atoms with Crippen molar-refractivity contribution < 1.29 is 9.84 Å². The fraction of sp³-hybridized carbons (Fsp3) is 0.333. The van der Waals surface area contributed by atoms with Gasteiger partial charge in [-0.3, -0.25) is 9.36 Å². The molecule has 2 atom stereocenters. The van der Waals surface area contributed by atoms with E-state index >= 15 is 0 Å². The highest BCUT2D eigenvalue weighted by Crippen LogP contribution is 2.33. The molecular weight excluding hydrogens is 432 g/mol. The van der Waals surface area contributed by atoms with E-state index < -0.39 is 6.10 Å². The molecule has 2 heterocycles. The Balaban J connectivity index is 1.34. The van der Waals surface area contributed by atoms with E-state index in [9.17, 15) is 9.90 Å². The van der Waals surface area contributed by atoms with Gasteiger partial charge in [-0.1, -0.05) is 60.2 Å². The number of nitrogens with zero attached hydrogens (tertiary/aromatic N) is 2. The number of aliphatic hydroxyl groups excluding tert-OH is 1. The van der Waals surface area contributed by atoms with Gasteiger partial charge in [-0.15, -0.1) is 11.3 Å². The molecule has 1 aliphatic rings. The molecule has 0 amide bonds. The van der Waals surface area contributed by atoms with Crippen LogP contribution in [-0.4, -0.2) is 27.4 Å². The molecule has 0 saturated carbocycles. The smallest absolute Gasteiger partial charge is 0.262 e. The lowest BCUT2D eigenvalue weighted by molar-refractivity contribution is -0.000988. The fourth-order valence-corrected chi connectivity index (χ4v) is 5.77. The molecule has 0 radical (unpaired) electrons. The molecule has 0 fully saturated rings. The SMILES string of the molecule is Cc1ccc(C(OCC(O)Cn2cnc3sc4c(c3c2=O)CCCC4)c2ccccc2)cc1. The number of rotatable bonds is 7. The van der Waals surface area contributed by atoms with Crippen molar-refractivity contribution in [3.8, 4) is 0 Å². The van der Waals surface area contributed by atoms with Crippen molar-refractivity contribution in [2.75, 3.05) is 6.61 Å². The van der Waals surface area contributed by atoms with Crippen molar-refractivity contribution in [1.82, 2.24) is 9.55 Å². The first-order valence-corrected chi connectivity index (χ1v) is 12.3. The Morgan fingerprint density at radius 1 is 1.06 bits per heavy atom. The van der Waals surface area contributed by atoms with Crippen LogP contribution in [0.5, 0.6) is 0 Å². The van der Waals surface area contributed by atoms with Gasteiger partial charge in [0.1, 0.15) is 10.9 Å². The zero-order chi connectivity index (χ0) is 22.8. The summed E-state index contributed by atoms with van der Waals surface area (Å²) >= 11 is 1.64. The van der Waals surface area contributed by atoms with Gasteiger partial charge in [0.05, 0.1) is 31.0 Å². The minimum Gasteiger partial charge on any atom is -0.389 e. The molecule has 0 saturated heterocycles. The van der Waals surface area contributed by atoms with Crippen molar-refractivity contribution >= 4 is 21.6 Å². The maximum Gasteiger partial charge on any atom is 0.262 e. The first-order chi connectivity index (χ1) is 16.1. The van der Waals surface area contributed by atoms with Gasteiger partial charge in [0.15, 0.2) is 0 Å². The number of hydrogen-bond acceptors (Lipinski definition) is 5. The molecular formula is C27H28N2O3S. The van der Waals surface area contributed by atoms with Gasteiger partial charge in [-0.05, 0) is 49.3 Å². The largest absolute Gasteiger partial charge is 0.389 e. The van der Waals surface area contributed by atoms with Gasteiger partial charge in [0.25, 0.3) is 5.56 Å². The number of thiophene rings is 1. The molecule has 4 aromatic rings. The summed E-state index contributed by atoms with van der Waals surface area (Å²) in [5.41, 5.74) is 4.35. The van der Waals surface area contributed by atoms with Crippen LogP contribution in [0.25, 0.3) is 10.2 Å². The lowest BCUT2D eigenvalue weighted by atomic mass is 9.97. The van der Waals surface area contributed by atoms with Crippen LogP contribution in [0.2, 0.25) is 0 Å². The molecule has 0 aliphatic heterocycles. The topological polar surface area (TPSA) is 64.3 Å². The predicted octanol–water partition coefficient (Wildman–Crippen LogP) is 4.81. The van der Waals surface area contributed by atoms with Crippen molar-refractivity contribution in [3.63, 3.8) is 0 Å². The van der Waals surface area contributed by atoms with Crippen LogP contribution in [0.15, 0.2) is 65.7 Å². The van der Waals surface area contributed by atoms with E-state index in [1.165, 1.54) is 27.0 Å². The number of ether oxygens (including phenoxy) is 1. The highest BCUT2D eigenvalue weighted by atomic mass is 32.1. The van der Waals surface area contributed by atoms with Crippen LogP contribution in [-0.2, 0) is 24.1 Å². The monoisotopic (exact) mass is 460 g/mol. The van der Waals surface area contributed by atoms with Crippen LogP contribution in [0, 0.1) is 6.92 Å². The molecule has 2 aromatic carbocycles. The molecule has 33 heavy (non-hydrogen) atoms. The molecule has 170 valence electrons. The maximum absolute atomic E-state index is 13.2. The highest BCUT2D eigenvalue weighted by molar-refractivity contribution is 7.18. The minimum absolute atomic E-state index is 0.0587. The van der Waals surface area contributed by atoms with E-state index in [1.807, 2.05) is 30.3 Å². The number of aromatic nitrogens is 2. The Kier molecular flexibility index (Phi) is 6.40. The molecule has 0 bridgehead atoms. The Hall–Kier alpha value is -2.80. The van der Waals surface area contributed by atoms with E-state index in [0.29, 0.717) is 0 Å². The molecule has 6 heteroatoms. The molecule has 1 aliphatic carbocycles. The second kappa shape index (κ2) is 9.59. The summed E-state index contributed by atoms with van der Waals surface area (Å²) < 4.78 is 7.74. The summed E-state index contributed by atoms with van der Waals surface area (Å²) in [5, 5.41) is 11.5. The standard InChI is InChI=1S/C27H28N2O3S/c1-18-11-13-20(14-12-18)25(19-7-3-2-4-8-19)32-16-21(30)15-29-17-28-26-24(27(29)31)22-9-5-6-10-23(22)33-26/h2-4,7-8,11-14,17,21,25,30H,5-6,9-10,15-16H2,1H3. The summed E-state index contributed by atoms with van der Waals surface area (Å²) in [4.78, 5) is 19.8.